The number of carbonyl (C=O) groups is 2. The molecule has 1 aliphatic heterocycles. The number of hydrogen-bond donors (Lipinski definition) is 3. The number of hydrogen-bond acceptors (Lipinski definition) is 4. The Labute approximate surface area is 248 Å². The summed E-state index contributed by atoms with van der Waals surface area (Å²) < 4.78 is 14.1. The van der Waals surface area contributed by atoms with Crippen LogP contribution in [0.15, 0.2) is 66.4 Å². The summed E-state index contributed by atoms with van der Waals surface area (Å²) in [6.07, 6.45) is 7.94. The van der Waals surface area contributed by atoms with Gasteiger partial charge in [0.2, 0.25) is 5.91 Å². The third kappa shape index (κ3) is 5.69. The zero-order chi connectivity index (χ0) is 30.2. The van der Waals surface area contributed by atoms with E-state index in [1.807, 2.05) is 39.1 Å². The van der Waals surface area contributed by atoms with Gasteiger partial charge in [0.05, 0.1) is 17.5 Å². The molecule has 2 aliphatic rings. The molecule has 1 saturated carbocycles. The molecule has 1 aliphatic carbocycles. The van der Waals surface area contributed by atoms with Crippen molar-refractivity contribution in [3.63, 3.8) is 0 Å². The molecule has 224 valence electrons. The van der Waals surface area contributed by atoms with Crippen LogP contribution in [0.5, 0.6) is 0 Å². The predicted octanol–water partition coefficient (Wildman–Crippen LogP) is 5.88. The Kier molecular flexibility index (Phi) is 8.46. The first-order chi connectivity index (χ1) is 19.9. The Hall–Kier alpha value is -3.29. The van der Waals surface area contributed by atoms with Crippen molar-refractivity contribution >= 4 is 22.6 Å². The number of H-pyrrole nitrogens is 1. The SMILES string of the molecule is CNC(C)C(=O)CC(C(=O)N1CCC2CC(=CCc3ccccc3)CC(c3c[nH]c4cc(F)ccc34)C21C)C(C)(C)N. The van der Waals surface area contributed by atoms with E-state index in [4.69, 9.17) is 5.73 Å². The highest BCUT2D eigenvalue weighted by Crippen LogP contribution is 2.55. The fraction of sp³-hybridized carbons (Fsp3) is 0.486. The van der Waals surface area contributed by atoms with Crippen molar-refractivity contribution in [2.75, 3.05) is 13.6 Å². The monoisotopic (exact) mass is 572 g/mol. The Morgan fingerprint density at radius 3 is 2.64 bits per heavy atom. The van der Waals surface area contributed by atoms with E-state index < -0.39 is 17.0 Å². The van der Waals surface area contributed by atoms with Crippen molar-refractivity contribution in [1.82, 2.24) is 15.2 Å². The number of likely N-dealkylation sites (tertiary alicyclic amines) is 1. The lowest BCUT2D eigenvalue weighted by atomic mass is 9.63. The molecule has 6 nitrogen and oxygen atoms in total. The quantitative estimate of drug-likeness (QED) is 0.279. The van der Waals surface area contributed by atoms with E-state index in [9.17, 15) is 14.0 Å². The second kappa shape index (κ2) is 11.8. The molecule has 0 radical (unpaired) electrons. The van der Waals surface area contributed by atoms with Gasteiger partial charge in [0.25, 0.3) is 0 Å². The standard InChI is InChI=1S/C35H45FN4O2/c1-22(38-5)32(41)20-30(34(2,3)37)33(42)40-16-15-25-17-24(12-11-23-9-7-6-8-10-23)18-29(35(25,40)4)28-21-39-31-19-26(36)13-14-27(28)31/h6-10,12-14,19,21-22,25,29-30,38-39H,11,15-18,20,37H2,1-5H3. The molecule has 1 amide bonds. The van der Waals surface area contributed by atoms with E-state index >= 15 is 0 Å². The first-order valence-corrected chi connectivity index (χ1v) is 15.2. The third-order valence-corrected chi connectivity index (χ3v) is 10.1. The first kappa shape index (κ1) is 30.2. The normalized spacial score (nSPS) is 25.0. The molecule has 2 aromatic carbocycles. The Morgan fingerprint density at radius 1 is 1.21 bits per heavy atom. The number of amides is 1. The average molecular weight is 573 g/mol. The van der Waals surface area contributed by atoms with Gasteiger partial charge >= 0.3 is 0 Å². The highest BCUT2D eigenvalue weighted by Gasteiger charge is 2.56. The highest BCUT2D eigenvalue weighted by molar-refractivity contribution is 5.91. The van der Waals surface area contributed by atoms with Gasteiger partial charge in [-0.1, -0.05) is 42.0 Å². The van der Waals surface area contributed by atoms with Crippen LogP contribution in [-0.4, -0.2) is 52.3 Å². The van der Waals surface area contributed by atoms with Gasteiger partial charge in [0.15, 0.2) is 0 Å². The fourth-order valence-electron chi connectivity index (χ4n) is 7.31. The number of ketones is 1. The van der Waals surface area contributed by atoms with Crippen LogP contribution in [0, 0.1) is 17.7 Å². The van der Waals surface area contributed by atoms with Crippen LogP contribution in [0.1, 0.15) is 70.4 Å². The number of nitrogens with two attached hydrogens (primary N) is 1. The smallest absolute Gasteiger partial charge is 0.228 e. The van der Waals surface area contributed by atoms with E-state index in [1.165, 1.54) is 23.3 Å². The second-order valence-electron chi connectivity index (χ2n) is 13.2. The van der Waals surface area contributed by atoms with Crippen molar-refractivity contribution in [1.29, 1.82) is 0 Å². The number of nitrogens with zero attached hydrogens (tertiary/aromatic N) is 1. The molecule has 42 heavy (non-hydrogen) atoms. The summed E-state index contributed by atoms with van der Waals surface area (Å²) in [6.45, 7) is 8.37. The first-order valence-electron chi connectivity index (χ1n) is 15.2. The van der Waals surface area contributed by atoms with Crippen molar-refractivity contribution in [2.45, 2.75) is 82.8 Å². The lowest BCUT2D eigenvalue weighted by Crippen LogP contribution is -2.59. The number of likely N-dealkylation sites (N-methyl/N-ethyl adjacent to an activating group) is 1. The molecule has 5 atom stereocenters. The van der Waals surface area contributed by atoms with Crippen LogP contribution in [0.25, 0.3) is 10.9 Å². The van der Waals surface area contributed by atoms with E-state index in [1.54, 1.807) is 7.05 Å². The summed E-state index contributed by atoms with van der Waals surface area (Å²) >= 11 is 0. The molecule has 1 saturated heterocycles. The zero-order valence-electron chi connectivity index (χ0n) is 25.5. The molecular weight excluding hydrogens is 527 g/mol. The molecule has 4 N–H and O–H groups in total. The van der Waals surface area contributed by atoms with Crippen molar-refractivity contribution in [3.8, 4) is 0 Å². The fourth-order valence-corrected chi connectivity index (χ4v) is 7.31. The minimum absolute atomic E-state index is 0.00240. The van der Waals surface area contributed by atoms with E-state index in [-0.39, 0.29) is 41.8 Å². The van der Waals surface area contributed by atoms with E-state index in [0.717, 1.165) is 42.1 Å². The minimum Gasteiger partial charge on any atom is -0.361 e. The summed E-state index contributed by atoms with van der Waals surface area (Å²) in [7, 11) is 1.75. The Bertz CT molecular complexity index is 1470. The number of benzene rings is 2. The summed E-state index contributed by atoms with van der Waals surface area (Å²) in [5.41, 5.74) is 9.80. The van der Waals surface area contributed by atoms with Crippen LogP contribution in [-0.2, 0) is 16.0 Å². The molecule has 2 heterocycles. The number of halogens is 1. The molecular formula is C35H45FN4O2. The summed E-state index contributed by atoms with van der Waals surface area (Å²) in [5.74, 6) is -0.724. The number of Topliss-reactive ketones (excluding diaryl/α,β-unsaturated/α-hetero) is 1. The molecule has 0 spiro atoms. The number of allylic oxidation sites excluding steroid dienone is 2. The third-order valence-electron chi connectivity index (χ3n) is 10.1. The van der Waals surface area contributed by atoms with Crippen LogP contribution in [0.4, 0.5) is 4.39 Å². The molecule has 7 heteroatoms. The van der Waals surface area contributed by atoms with Crippen LogP contribution < -0.4 is 11.1 Å². The number of rotatable bonds is 9. The number of aromatic amines is 1. The number of carbonyl (C=O) groups excluding carboxylic acids is 2. The van der Waals surface area contributed by atoms with Crippen LogP contribution >= 0.6 is 0 Å². The second-order valence-corrected chi connectivity index (χ2v) is 13.2. The van der Waals surface area contributed by atoms with E-state index in [2.05, 4.69) is 52.5 Å². The maximum atomic E-state index is 14.5. The van der Waals surface area contributed by atoms with Gasteiger partial charge < -0.3 is 20.9 Å². The van der Waals surface area contributed by atoms with Crippen molar-refractivity contribution in [3.05, 3.63) is 83.3 Å². The Morgan fingerprint density at radius 2 is 1.95 bits per heavy atom. The molecule has 5 rings (SSSR count). The largest absolute Gasteiger partial charge is 0.361 e. The maximum absolute atomic E-state index is 14.5. The van der Waals surface area contributed by atoms with Gasteiger partial charge in [-0.25, -0.2) is 4.39 Å². The van der Waals surface area contributed by atoms with Crippen LogP contribution in [0.2, 0.25) is 0 Å². The van der Waals surface area contributed by atoms with Crippen molar-refractivity contribution < 1.29 is 14.0 Å². The topological polar surface area (TPSA) is 91.2 Å². The van der Waals surface area contributed by atoms with Gasteiger partial charge in [-0.3, -0.25) is 9.59 Å². The molecule has 5 unspecified atom stereocenters. The zero-order valence-corrected chi connectivity index (χ0v) is 25.5. The van der Waals surface area contributed by atoms with Crippen molar-refractivity contribution in [2.24, 2.45) is 17.6 Å². The summed E-state index contributed by atoms with van der Waals surface area (Å²) in [6, 6.07) is 15.0. The number of nitrogens with one attached hydrogen (secondary N) is 2. The Balaban J connectivity index is 1.54. The highest BCUT2D eigenvalue weighted by atomic mass is 19.1. The average Bonchev–Trinajstić information content (AvgIpc) is 3.53. The summed E-state index contributed by atoms with van der Waals surface area (Å²) in [5, 5.41) is 3.99. The maximum Gasteiger partial charge on any atom is 0.228 e. The van der Waals surface area contributed by atoms with Gasteiger partial charge in [0, 0.05) is 41.5 Å². The van der Waals surface area contributed by atoms with Gasteiger partial charge in [-0.2, -0.15) is 0 Å². The molecule has 3 aromatic rings. The van der Waals surface area contributed by atoms with Gasteiger partial charge in [-0.15, -0.1) is 0 Å². The van der Waals surface area contributed by atoms with Gasteiger partial charge in [-0.05, 0) is 95.7 Å². The molecule has 1 aromatic heterocycles. The van der Waals surface area contributed by atoms with Crippen LogP contribution in [0.3, 0.4) is 0 Å². The lowest BCUT2D eigenvalue weighted by Gasteiger charge is -2.51. The molecule has 0 bridgehead atoms. The number of fused-ring (bicyclic) bond motifs is 2. The predicted molar refractivity (Wildman–Crippen MR) is 167 cm³/mol. The summed E-state index contributed by atoms with van der Waals surface area (Å²) in [4.78, 5) is 32.9. The van der Waals surface area contributed by atoms with E-state index in [0.29, 0.717) is 6.54 Å². The lowest BCUT2D eigenvalue weighted by molar-refractivity contribution is -0.145. The van der Waals surface area contributed by atoms with Gasteiger partial charge in [0.1, 0.15) is 11.6 Å². The molecule has 2 fully saturated rings. The minimum atomic E-state index is -0.863. The number of aromatic nitrogens is 1.